The maximum Gasteiger partial charge on any atom is 0.262 e. The molecule has 3 aromatic rings. The van der Waals surface area contributed by atoms with Gasteiger partial charge >= 0.3 is 0 Å². The van der Waals surface area contributed by atoms with Gasteiger partial charge in [-0.2, -0.15) is 10.2 Å². The van der Waals surface area contributed by atoms with Gasteiger partial charge in [0.05, 0.1) is 12.8 Å². The maximum atomic E-state index is 12.2. The highest BCUT2D eigenvalue weighted by molar-refractivity contribution is 9.10. The minimum absolute atomic E-state index is 0.0241. The van der Waals surface area contributed by atoms with Crippen LogP contribution in [-0.4, -0.2) is 29.6 Å². The average molecular weight is 483 g/mol. The molecule has 0 atom stereocenters. The first-order valence-electron chi connectivity index (χ1n) is 9.02. The van der Waals surface area contributed by atoms with Crippen molar-refractivity contribution in [2.24, 2.45) is 0 Å². The largest absolute Gasteiger partial charge is 0.493 e. The first kappa shape index (κ1) is 21.9. The Morgan fingerprint density at radius 2 is 1.90 bits per heavy atom. The van der Waals surface area contributed by atoms with Crippen LogP contribution in [0.15, 0.2) is 40.9 Å². The number of nitrogens with two attached hydrogens (primary N) is 2. The number of nitrogens with zero attached hydrogens (tertiary/aromatic N) is 3. The highest BCUT2D eigenvalue weighted by atomic mass is 79.9. The number of carbonyl (C=O) groups excluding carboxylic acids is 1. The number of anilines is 3. The number of hydrogen-bond donors (Lipinski definition) is 3. The van der Waals surface area contributed by atoms with Crippen molar-refractivity contribution in [3.8, 4) is 28.8 Å². The van der Waals surface area contributed by atoms with Crippen LogP contribution in [0.4, 0.5) is 17.5 Å². The number of hydrogen-bond acceptors (Lipinski definition) is 8. The topological polar surface area (TPSA) is 149 Å². The smallest absolute Gasteiger partial charge is 0.262 e. The zero-order valence-electron chi connectivity index (χ0n) is 16.8. The fraction of sp³-hybridized carbons (Fsp3) is 0.143. The van der Waals surface area contributed by atoms with Crippen LogP contribution in [0.3, 0.4) is 0 Å². The lowest BCUT2D eigenvalue weighted by Crippen LogP contribution is -2.20. The van der Waals surface area contributed by atoms with Gasteiger partial charge in [0.15, 0.2) is 18.1 Å². The Balaban J connectivity index is 1.84. The first-order valence-corrected chi connectivity index (χ1v) is 9.82. The Morgan fingerprint density at radius 3 is 2.55 bits per heavy atom. The molecule has 5 N–H and O–H groups in total. The Hall–Kier alpha value is -3.84. The number of nitrogen functional groups attached to an aromatic ring is 2. The van der Waals surface area contributed by atoms with E-state index in [1.165, 1.54) is 7.11 Å². The summed E-state index contributed by atoms with van der Waals surface area (Å²) in [4.78, 5) is 20.2. The SMILES string of the molecule is COc1cc(-c2nc(N)nc(N)c2C#N)c(Br)cc1OCC(=O)Nc1ccc(C)cc1. The summed E-state index contributed by atoms with van der Waals surface area (Å²) in [5.74, 6) is 0.246. The van der Waals surface area contributed by atoms with Gasteiger partial charge < -0.3 is 26.3 Å². The minimum atomic E-state index is -0.325. The molecular weight excluding hydrogens is 464 g/mol. The van der Waals surface area contributed by atoms with Gasteiger partial charge in [0.25, 0.3) is 5.91 Å². The van der Waals surface area contributed by atoms with Gasteiger partial charge in [-0.1, -0.05) is 17.7 Å². The number of ether oxygens (including phenoxy) is 2. The number of rotatable bonds is 6. The summed E-state index contributed by atoms with van der Waals surface area (Å²) < 4.78 is 11.6. The molecule has 0 saturated heterocycles. The van der Waals surface area contributed by atoms with E-state index in [1.54, 1.807) is 12.1 Å². The van der Waals surface area contributed by atoms with Crippen molar-refractivity contribution in [2.75, 3.05) is 30.5 Å². The van der Waals surface area contributed by atoms with Crippen molar-refractivity contribution in [3.63, 3.8) is 0 Å². The molecule has 1 amide bonds. The summed E-state index contributed by atoms with van der Waals surface area (Å²) in [5, 5.41) is 12.2. The van der Waals surface area contributed by atoms with Crippen molar-refractivity contribution >= 4 is 39.3 Å². The lowest BCUT2D eigenvalue weighted by atomic mass is 10.1. The number of aryl methyl sites for hydroxylation is 1. The quantitative estimate of drug-likeness (QED) is 0.484. The Kier molecular flexibility index (Phi) is 6.57. The van der Waals surface area contributed by atoms with E-state index in [1.807, 2.05) is 37.3 Å². The molecule has 0 aliphatic carbocycles. The van der Waals surface area contributed by atoms with Crippen LogP contribution in [0.2, 0.25) is 0 Å². The summed E-state index contributed by atoms with van der Waals surface area (Å²) in [6.07, 6.45) is 0. The molecule has 0 saturated carbocycles. The second-order valence-electron chi connectivity index (χ2n) is 6.49. The summed E-state index contributed by atoms with van der Waals surface area (Å²) in [7, 11) is 1.46. The Labute approximate surface area is 187 Å². The van der Waals surface area contributed by atoms with Crippen molar-refractivity contribution in [3.05, 3.63) is 52.0 Å². The number of amides is 1. The van der Waals surface area contributed by atoms with Crippen molar-refractivity contribution in [1.29, 1.82) is 5.26 Å². The van der Waals surface area contributed by atoms with Crippen molar-refractivity contribution in [2.45, 2.75) is 6.92 Å². The molecule has 10 heteroatoms. The molecule has 0 unspecified atom stereocenters. The predicted octanol–water partition coefficient (Wildman–Crippen LogP) is 3.28. The lowest BCUT2D eigenvalue weighted by Gasteiger charge is -2.15. The average Bonchev–Trinajstić information content (AvgIpc) is 2.73. The van der Waals surface area contributed by atoms with Gasteiger partial charge in [-0.05, 0) is 47.1 Å². The van der Waals surface area contributed by atoms with E-state index in [0.29, 0.717) is 27.2 Å². The molecule has 1 heterocycles. The third-order valence-corrected chi connectivity index (χ3v) is 4.92. The second kappa shape index (κ2) is 9.32. The zero-order chi connectivity index (χ0) is 22.5. The second-order valence-corrected chi connectivity index (χ2v) is 7.34. The number of aromatic nitrogens is 2. The van der Waals surface area contributed by atoms with E-state index in [4.69, 9.17) is 20.9 Å². The van der Waals surface area contributed by atoms with Gasteiger partial charge in [-0.15, -0.1) is 0 Å². The lowest BCUT2D eigenvalue weighted by molar-refractivity contribution is -0.118. The fourth-order valence-electron chi connectivity index (χ4n) is 2.77. The molecule has 0 aliphatic rings. The zero-order valence-corrected chi connectivity index (χ0v) is 18.4. The molecule has 9 nitrogen and oxygen atoms in total. The monoisotopic (exact) mass is 482 g/mol. The van der Waals surface area contributed by atoms with Gasteiger partial charge in [-0.3, -0.25) is 4.79 Å². The third kappa shape index (κ3) is 5.02. The summed E-state index contributed by atoms with van der Waals surface area (Å²) in [5.41, 5.74) is 14.1. The van der Waals surface area contributed by atoms with E-state index in [2.05, 4.69) is 31.2 Å². The van der Waals surface area contributed by atoms with Gasteiger partial charge in [0.2, 0.25) is 5.95 Å². The number of benzene rings is 2. The van der Waals surface area contributed by atoms with Crippen LogP contribution < -0.4 is 26.3 Å². The molecule has 0 radical (unpaired) electrons. The van der Waals surface area contributed by atoms with Crippen LogP contribution in [0, 0.1) is 18.3 Å². The van der Waals surface area contributed by atoms with Crippen molar-refractivity contribution in [1.82, 2.24) is 9.97 Å². The molecule has 0 aliphatic heterocycles. The van der Waals surface area contributed by atoms with E-state index >= 15 is 0 Å². The number of halogens is 1. The van der Waals surface area contributed by atoms with Gasteiger partial charge in [0, 0.05) is 15.7 Å². The van der Waals surface area contributed by atoms with Crippen LogP contribution in [0.25, 0.3) is 11.3 Å². The van der Waals surface area contributed by atoms with Crippen LogP contribution in [0.5, 0.6) is 11.5 Å². The summed E-state index contributed by atoms with van der Waals surface area (Å²) in [6.45, 7) is 1.74. The van der Waals surface area contributed by atoms with E-state index in [0.717, 1.165) is 5.56 Å². The number of methoxy groups -OCH3 is 1. The fourth-order valence-corrected chi connectivity index (χ4v) is 3.28. The molecule has 31 heavy (non-hydrogen) atoms. The third-order valence-electron chi connectivity index (χ3n) is 4.27. The molecule has 2 aromatic carbocycles. The van der Waals surface area contributed by atoms with Crippen LogP contribution in [-0.2, 0) is 4.79 Å². The summed E-state index contributed by atoms with van der Waals surface area (Å²) in [6, 6.07) is 12.6. The number of nitrogens with one attached hydrogen (secondary N) is 1. The van der Waals surface area contributed by atoms with Gasteiger partial charge in [0.1, 0.15) is 17.5 Å². The normalized spacial score (nSPS) is 10.3. The molecule has 0 bridgehead atoms. The molecule has 158 valence electrons. The van der Waals surface area contributed by atoms with E-state index in [9.17, 15) is 10.1 Å². The predicted molar refractivity (Wildman–Crippen MR) is 121 cm³/mol. The van der Waals surface area contributed by atoms with Crippen LogP contribution in [0.1, 0.15) is 11.1 Å². The molecule has 3 rings (SSSR count). The molecule has 1 aromatic heterocycles. The van der Waals surface area contributed by atoms with Gasteiger partial charge in [-0.25, -0.2) is 4.98 Å². The summed E-state index contributed by atoms with van der Waals surface area (Å²) >= 11 is 3.44. The Bertz CT molecular complexity index is 1180. The van der Waals surface area contributed by atoms with Crippen molar-refractivity contribution < 1.29 is 14.3 Å². The number of carbonyl (C=O) groups is 1. The van der Waals surface area contributed by atoms with E-state index in [-0.39, 0.29) is 35.5 Å². The minimum Gasteiger partial charge on any atom is -0.493 e. The highest BCUT2D eigenvalue weighted by Crippen LogP contribution is 2.39. The molecule has 0 fully saturated rings. The van der Waals surface area contributed by atoms with Crippen LogP contribution >= 0.6 is 15.9 Å². The Morgan fingerprint density at radius 1 is 1.19 bits per heavy atom. The first-order chi connectivity index (χ1) is 14.8. The number of nitriles is 1. The maximum absolute atomic E-state index is 12.2. The van der Waals surface area contributed by atoms with E-state index < -0.39 is 0 Å². The highest BCUT2D eigenvalue weighted by Gasteiger charge is 2.19. The molecular formula is C21H19BrN6O3. The molecule has 0 spiro atoms. The standard InChI is InChI=1S/C21H19BrN6O3/c1-11-3-5-12(6-4-11)26-18(29)10-31-17-8-15(22)13(7-16(17)30-2)19-14(9-23)20(24)28-21(25)27-19/h3-8H,10H2,1-2H3,(H,26,29)(H4,24,25,27,28).